The predicted octanol–water partition coefficient (Wildman–Crippen LogP) is 1.55. The van der Waals surface area contributed by atoms with Crippen LogP contribution in [-0.4, -0.2) is 34.4 Å². The first-order valence-corrected chi connectivity index (χ1v) is 6.95. The smallest absolute Gasteiger partial charge is 0.233 e. The Morgan fingerprint density at radius 2 is 2.48 bits per heavy atom. The van der Waals surface area contributed by atoms with Gasteiger partial charge in [0.1, 0.15) is 11.6 Å². The van der Waals surface area contributed by atoms with E-state index in [2.05, 4.69) is 32.5 Å². The molecule has 1 atom stereocenters. The van der Waals surface area contributed by atoms with E-state index in [1.807, 2.05) is 13.0 Å². The van der Waals surface area contributed by atoms with E-state index in [1.165, 1.54) is 0 Å². The van der Waals surface area contributed by atoms with Crippen LogP contribution >= 0.6 is 0 Å². The normalized spacial score (nSPS) is 18.2. The van der Waals surface area contributed by atoms with Crippen LogP contribution in [0.2, 0.25) is 0 Å². The van der Waals surface area contributed by atoms with Crippen LogP contribution in [0.1, 0.15) is 17.9 Å². The molecule has 0 bridgehead atoms. The van der Waals surface area contributed by atoms with Crippen LogP contribution in [0.3, 0.4) is 0 Å². The Balaban J connectivity index is 1.58. The van der Waals surface area contributed by atoms with Crippen LogP contribution in [0.5, 0.6) is 0 Å². The maximum absolute atomic E-state index is 11.9. The predicted molar refractivity (Wildman–Crippen MR) is 77.8 cm³/mol. The van der Waals surface area contributed by atoms with Gasteiger partial charge in [0, 0.05) is 25.2 Å². The van der Waals surface area contributed by atoms with Crippen LogP contribution in [-0.2, 0) is 11.2 Å². The minimum Gasteiger partial charge on any atom is -0.361 e. The van der Waals surface area contributed by atoms with Crippen molar-refractivity contribution in [3.63, 3.8) is 0 Å². The minimum absolute atomic E-state index is 0.147. The monoisotopic (exact) mass is 288 g/mol. The van der Waals surface area contributed by atoms with Crippen molar-refractivity contribution in [2.24, 2.45) is 5.92 Å². The molecule has 1 aliphatic rings. The molecule has 3 heterocycles. The summed E-state index contributed by atoms with van der Waals surface area (Å²) in [4.78, 5) is 14.1. The Kier molecular flexibility index (Phi) is 3.64. The van der Waals surface area contributed by atoms with Crippen molar-refractivity contribution in [3.8, 4) is 0 Å². The van der Waals surface area contributed by atoms with Crippen molar-refractivity contribution in [1.82, 2.24) is 15.4 Å². The number of aryl methyl sites for hydroxylation is 1. The number of nitrogens with one attached hydrogen (secondary N) is 2. The van der Waals surface area contributed by atoms with Gasteiger partial charge in [-0.3, -0.25) is 9.89 Å². The molecule has 0 spiro atoms. The second-order valence-electron chi connectivity index (χ2n) is 5.40. The molecule has 0 saturated carbocycles. The van der Waals surface area contributed by atoms with Crippen molar-refractivity contribution in [3.05, 3.63) is 30.5 Å². The third kappa shape index (κ3) is 3.24. The average Bonchev–Trinajstić information content (AvgIpc) is 3.12. The minimum atomic E-state index is -0.180. The van der Waals surface area contributed by atoms with Crippen molar-refractivity contribution in [1.29, 1.82) is 0 Å². The number of carbonyl (C=O) groups excluding carboxylic acids is 1. The molecular weight excluding hydrogens is 270 g/mol. The molecule has 1 saturated heterocycles. The molecule has 3 rings (SSSR count). The topological polar surface area (TPSA) is 87.1 Å². The van der Waals surface area contributed by atoms with Gasteiger partial charge in [-0.25, -0.2) is 0 Å². The summed E-state index contributed by atoms with van der Waals surface area (Å²) in [7, 11) is 0. The number of rotatable bonds is 4. The summed E-state index contributed by atoms with van der Waals surface area (Å²) in [5, 5.41) is 13.5. The van der Waals surface area contributed by atoms with Crippen LogP contribution in [0.15, 0.2) is 16.7 Å². The highest BCUT2D eigenvalue weighted by Crippen LogP contribution is 2.23. The van der Waals surface area contributed by atoms with Gasteiger partial charge in [-0.2, -0.15) is 5.10 Å². The molecule has 7 nitrogen and oxygen atoms in total. The Morgan fingerprint density at radius 1 is 1.62 bits per heavy atom. The number of hydrogen-bond acceptors (Lipinski definition) is 5. The quantitative estimate of drug-likeness (QED) is 0.891. The Hall–Kier alpha value is -2.31. The largest absolute Gasteiger partial charge is 0.361 e. The molecule has 0 aromatic carbocycles. The lowest BCUT2D eigenvalue weighted by Crippen LogP contribution is -2.19. The second kappa shape index (κ2) is 5.59. The van der Waals surface area contributed by atoms with E-state index >= 15 is 0 Å². The van der Waals surface area contributed by atoms with Gasteiger partial charge in [-0.05, 0) is 26.2 Å². The molecule has 111 valence electrons. The molecule has 1 radical (unpaired) electrons. The highest BCUT2D eigenvalue weighted by atomic mass is 16.5. The molecule has 0 unspecified atom stereocenters. The summed E-state index contributed by atoms with van der Waals surface area (Å²) >= 11 is 0. The number of nitrogens with zero attached hydrogens (tertiary/aromatic N) is 3. The zero-order chi connectivity index (χ0) is 14.8. The Bertz CT molecular complexity index is 633. The van der Waals surface area contributed by atoms with Crippen LogP contribution in [0.25, 0.3) is 0 Å². The average molecular weight is 288 g/mol. The van der Waals surface area contributed by atoms with Gasteiger partial charge in [0.05, 0.1) is 12.1 Å². The van der Waals surface area contributed by atoms with Crippen LogP contribution in [0.4, 0.5) is 11.6 Å². The molecule has 2 aromatic rings. The van der Waals surface area contributed by atoms with E-state index in [9.17, 15) is 4.79 Å². The van der Waals surface area contributed by atoms with Crippen molar-refractivity contribution < 1.29 is 9.32 Å². The van der Waals surface area contributed by atoms with Crippen molar-refractivity contribution >= 4 is 17.5 Å². The number of carbonyl (C=O) groups is 1. The number of aromatic amines is 1. The summed E-state index contributed by atoms with van der Waals surface area (Å²) < 4.78 is 5.02. The number of aromatic nitrogens is 3. The molecule has 1 fully saturated rings. The zero-order valence-electron chi connectivity index (χ0n) is 11.9. The summed E-state index contributed by atoms with van der Waals surface area (Å²) in [5.41, 5.74) is 0.761. The lowest BCUT2D eigenvalue weighted by atomic mass is 10.2. The van der Waals surface area contributed by atoms with E-state index in [4.69, 9.17) is 4.52 Å². The lowest BCUT2D eigenvalue weighted by Gasteiger charge is -2.14. The zero-order valence-corrected chi connectivity index (χ0v) is 11.9. The first kappa shape index (κ1) is 13.7. The fourth-order valence-corrected chi connectivity index (χ4v) is 2.43. The van der Waals surface area contributed by atoms with E-state index in [0.29, 0.717) is 17.5 Å². The van der Waals surface area contributed by atoms with E-state index in [0.717, 1.165) is 31.0 Å². The maximum atomic E-state index is 11.9. The van der Waals surface area contributed by atoms with Gasteiger partial charge < -0.3 is 14.7 Å². The first-order chi connectivity index (χ1) is 10.1. The molecular formula is C14H18N5O2. The Morgan fingerprint density at radius 3 is 3.14 bits per heavy atom. The lowest BCUT2D eigenvalue weighted by molar-refractivity contribution is -0.115. The van der Waals surface area contributed by atoms with Gasteiger partial charge in [0.25, 0.3) is 0 Å². The molecule has 21 heavy (non-hydrogen) atoms. The molecule has 1 amide bonds. The third-order valence-corrected chi connectivity index (χ3v) is 3.47. The summed E-state index contributed by atoms with van der Waals surface area (Å²) in [6.45, 7) is 7.74. The summed E-state index contributed by atoms with van der Waals surface area (Å²) in [5.74, 6) is 2.23. The molecule has 2 N–H and O–H groups in total. The van der Waals surface area contributed by atoms with Gasteiger partial charge in [-0.1, -0.05) is 5.16 Å². The maximum Gasteiger partial charge on any atom is 0.233 e. The van der Waals surface area contributed by atoms with Crippen molar-refractivity contribution in [2.45, 2.75) is 19.8 Å². The number of amides is 1. The van der Waals surface area contributed by atoms with Gasteiger partial charge in [0.2, 0.25) is 5.91 Å². The van der Waals surface area contributed by atoms with Crippen LogP contribution in [0, 0.1) is 19.8 Å². The fraction of sp³-hybridized carbons (Fsp3) is 0.429. The third-order valence-electron chi connectivity index (χ3n) is 3.47. The SMILES string of the molecule is [CH2][C@H]1CCN(c2cc(NC(=O)Cc3cc(C)no3)n[nH]2)C1. The Labute approximate surface area is 122 Å². The summed E-state index contributed by atoms with van der Waals surface area (Å²) in [6.07, 6.45) is 1.22. The first-order valence-electron chi connectivity index (χ1n) is 6.95. The molecule has 1 aliphatic heterocycles. The highest BCUT2D eigenvalue weighted by Gasteiger charge is 2.21. The second-order valence-corrected chi connectivity index (χ2v) is 5.40. The number of anilines is 2. The van der Waals surface area contributed by atoms with E-state index in [1.54, 1.807) is 6.07 Å². The molecule has 2 aromatic heterocycles. The fourth-order valence-electron chi connectivity index (χ4n) is 2.43. The number of H-pyrrole nitrogens is 1. The van der Waals surface area contributed by atoms with E-state index in [-0.39, 0.29) is 12.3 Å². The molecule has 7 heteroatoms. The van der Waals surface area contributed by atoms with Crippen molar-refractivity contribution in [2.75, 3.05) is 23.3 Å². The van der Waals surface area contributed by atoms with Gasteiger partial charge in [-0.15, -0.1) is 0 Å². The highest BCUT2D eigenvalue weighted by molar-refractivity contribution is 5.91. The summed E-state index contributed by atoms with van der Waals surface area (Å²) in [6, 6.07) is 3.58. The van der Waals surface area contributed by atoms with Gasteiger partial charge in [0.15, 0.2) is 5.82 Å². The standard InChI is InChI=1S/C14H18N5O2/c1-9-3-4-19(8-9)13-7-12(16-17-13)15-14(20)6-11-5-10(2)18-21-11/h5,7,9H,1,3-4,6,8H2,2H3,(H2,15,16,17,20)/t9-/m0/s1. The molecule has 0 aliphatic carbocycles. The number of hydrogen-bond donors (Lipinski definition) is 2. The van der Waals surface area contributed by atoms with Gasteiger partial charge >= 0.3 is 0 Å². The van der Waals surface area contributed by atoms with Crippen LogP contribution < -0.4 is 10.2 Å². The van der Waals surface area contributed by atoms with E-state index < -0.39 is 0 Å².